The zero-order chi connectivity index (χ0) is 23.5. The minimum absolute atomic E-state index is 0.279. The molecule has 0 saturated carbocycles. The molecule has 0 atom stereocenters. The second-order valence-corrected chi connectivity index (χ2v) is 7.46. The molecule has 5 aromatic rings. The Labute approximate surface area is 193 Å². The van der Waals surface area contributed by atoms with Crippen molar-refractivity contribution in [2.75, 3.05) is 0 Å². The fourth-order valence-corrected chi connectivity index (χ4v) is 3.60. The third-order valence-electron chi connectivity index (χ3n) is 5.22. The number of hydrogen-bond acceptors (Lipinski definition) is 5. The molecule has 0 spiro atoms. The maximum absolute atomic E-state index is 13.0. The van der Waals surface area contributed by atoms with Crippen molar-refractivity contribution < 1.29 is 14.0 Å². The van der Waals surface area contributed by atoms with Crippen LogP contribution in [0.5, 0.6) is 0 Å². The van der Waals surface area contributed by atoms with Gasteiger partial charge in [-0.05, 0) is 24.3 Å². The van der Waals surface area contributed by atoms with E-state index >= 15 is 0 Å². The number of nitrogens with one attached hydrogen (secondary N) is 2. The largest absolute Gasteiger partial charge is 0.420 e. The Bertz CT molecular complexity index is 1530. The summed E-state index contributed by atoms with van der Waals surface area (Å²) in [6.45, 7) is -0.315. The molecule has 5 rings (SSSR count). The van der Waals surface area contributed by atoms with Crippen molar-refractivity contribution in [1.82, 2.24) is 25.2 Å². The van der Waals surface area contributed by atoms with Gasteiger partial charge in [-0.3, -0.25) is 25.0 Å². The van der Waals surface area contributed by atoms with Crippen LogP contribution >= 0.6 is 0 Å². The second kappa shape index (κ2) is 8.91. The van der Waals surface area contributed by atoms with Crippen LogP contribution in [0.1, 0.15) is 10.4 Å². The van der Waals surface area contributed by atoms with Gasteiger partial charge in [-0.25, -0.2) is 9.48 Å². The van der Waals surface area contributed by atoms with Gasteiger partial charge in [-0.15, -0.1) is 0 Å². The Kier molecular flexibility index (Phi) is 5.49. The Balaban J connectivity index is 1.37. The van der Waals surface area contributed by atoms with Gasteiger partial charge < -0.3 is 4.42 Å². The van der Waals surface area contributed by atoms with E-state index in [1.807, 2.05) is 60.7 Å². The maximum atomic E-state index is 13.0. The van der Waals surface area contributed by atoms with Gasteiger partial charge in [0.15, 0.2) is 5.58 Å². The van der Waals surface area contributed by atoms with Crippen LogP contribution < -0.4 is 16.6 Å². The molecule has 0 aliphatic carbocycles. The second-order valence-electron chi connectivity index (χ2n) is 7.46. The molecule has 34 heavy (non-hydrogen) atoms. The zero-order valence-electron chi connectivity index (χ0n) is 17.8. The summed E-state index contributed by atoms with van der Waals surface area (Å²) in [5.41, 5.74) is 7.93. The standard InChI is InChI=1S/C25H19N5O4/c31-22(16-29-20-13-7-8-14-21(20)34-25(29)33)26-27-24(32)19-15-30(18-11-5-2-6-12-18)28-23(19)17-9-3-1-4-10-17/h1-15H,16H2,(H,26,31)(H,27,32). The predicted octanol–water partition coefficient (Wildman–Crippen LogP) is 2.91. The number of para-hydroxylation sites is 3. The topological polar surface area (TPSA) is 111 Å². The predicted molar refractivity (Wildman–Crippen MR) is 125 cm³/mol. The highest BCUT2D eigenvalue weighted by Crippen LogP contribution is 2.23. The highest BCUT2D eigenvalue weighted by atomic mass is 16.4. The quantitative estimate of drug-likeness (QED) is 0.398. The normalized spacial score (nSPS) is 10.8. The van der Waals surface area contributed by atoms with Gasteiger partial charge in [-0.1, -0.05) is 60.7 Å². The molecule has 9 heteroatoms. The number of carbonyl (C=O) groups excluding carboxylic acids is 2. The zero-order valence-corrected chi connectivity index (χ0v) is 17.8. The van der Waals surface area contributed by atoms with Crippen molar-refractivity contribution in [3.05, 3.63) is 107 Å². The first-order valence-corrected chi connectivity index (χ1v) is 10.5. The lowest BCUT2D eigenvalue weighted by atomic mass is 10.1. The van der Waals surface area contributed by atoms with E-state index in [0.29, 0.717) is 16.8 Å². The molecule has 0 unspecified atom stereocenters. The number of carbonyl (C=O) groups is 2. The molecule has 2 heterocycles. The highest BCUT2D eigenvalue weighted by molar-refractivity contribution is 6.00. The van der Waals surface area contributed by atoms with Crippen LogP contribution in [-0.2, 0) is 11.3 Å². The first kappa shape index (κ1) is 21.0. The maximum Gasteiger partial charge on any atom is 0.420 e. The summed E-state index contributed by atoms with van der Waals surface area (Å²) in [6, 6.07) is 25.5. The number of fused-ring (bicyclic) bond motifs is 1. The molecular formula is C25H19N5O4. The number of amides is 2. The molecular weight excluding hydrogens is 434 g/mol. The van der Waals surface area contributed by atoms with Crippen LogP contribution in [0.2, 0.25) is 0 Å². The smallest absolute Gasteiger partial charge is 0.408 e. The molecule has 0 fully saturated rings. The first-order chi connectivity index (χ1) is 16.6. The van der Waals surface area contributed by atoms with Gasteiger partial charge in [0.2, 0.25) is 0 Å². The third kappa shape index (κ3) is 4.09. The average Bonchev–Trinajstić information content (AvgIpc) is 3.45. The summed E-state index contributed by atoms with van der Waals surface area (Å²) in [5, 5.41) is 4.59. The van der Waals surface area contributed by atoms with Crippen LogP contribution in [0.15, 0.2) is 100 Å². The van der Waals surface area contributed by atoms with Crippen LogP contribution in [0, 0.1) is 0 Å². The molecule has 2 aromatic heterocycles. The number of rotatable bonds is 5. The lowest BCUT2D eigenvalue weighted by molar-refractivity contribution is -0.122. The summed E-state index contributed by atoms with van der Waals surface area (Å²) in [4.78, 5) is 37.6. The SMILES string of the molecule is O=C(Cn1c(=O)oc2ccccc21)NNC(=O)c1cn(-c2ccccc2)nc1-c1ccccc1. The van der Waals surface area contributed by atoms with Gasteiger partial charge in [0.25, 0.3) is 11.8 Å². The van der Waals surface area contributed by atoms with Gasteiger partial charge in [0.05, 0.1) is 16.8 Å². The van der Waals surface area contributed by atoms with Crippen molar-refractivity contribution >= 4 is 22.9 Å². The fourth-order valence-electron chi connectivity index (χ4n) is 3.60. The molecule has 0 radical (unpaired) electrons. The van der Waals surface area contributed by atoms with Crippen LogP contribution in [0.25, 0.3) is 28.0 Å². The highest BCUT2D eigenvalue weighted by Gasteiger charge is 2.20. The van der Waals surface area contributed by atoms with Gasteiger partial charge in [-0.2, -0.15) is 5.10 Å². The fraction of sp³-hybridized carbons (Fsp3) is 0.0400. The number of nitrogens with zero attached hydrogens (tertiary/aromatic N) is 3. The Morgan fingerprint density at radius 2 is 1.53 bits per heavy atom. The van der Waals surface area contributed by atoms with E-state index in [4.69, 9.17) is 4.42 Å². The van der Waals surface area contributed by atoms with Crippen molar-refractivity contribution in [3.8, 4) is 16.9 Å². The Hall–Kier alpha value is -4.92. The molecule has 9 nitrogen and oxygen atoms in total. The molecule has 0 aliphatic heterocycles. The average molecular weight is 453 g/mol. The van der Waals surface area contributed by atoms with Gasteiger partial charge in [0, 0.05) is 11.8 Å². The summed E-state index contributed by atoms with van der Waals surface area (Å²) >= 11 is 0. The Morgan fingerprint density at radius 1 is 0.853 bits per heavy atom. The van der Waals surface area contributed by atoms with Crippen molar-refractivity contribution in [2.45, 2.75) is 6.54 Å². The van der Waals surface area contributed by atoms with E-state index in [1.54, 1.807) is 35.1 Å². The monoisotopic (exact) mass is 453 g/mol. The van der Waals surface area contributed by atoms with E-state index < -0.39 is 17.6 Å². The van der Waals surface area contributed by atoms with Gasteiger partial charge in [0.1, 0.15) is 12.2 Å². The first-order valence-electron chi connectivity index (χ1n) is 10.5. The molecule has 2 amide bonds. The van der Waals surface area contributed by atoms with Crippen molar-refractivity contribution in [1.29, 1.82) is 0 Å². The van der Waals surface area contributed by atoms with Crippen LogP contribution in [0.3, 0.4) is 0 Å². The Morgan fingerprint density at radius 3 is 2.29 bits per heavy atom. The number of aromatic nitrogens is 3. The lowest BCUT2D eigenvalue weighted by Crippen LogP contribution is -2.44. The number of benzene rings is 3. The molecule has 0 bridgehead atoms. The van der Waals surface area contributed by atoms with Crippen molar-refractivity contribution in [2.24, 2.45) is 0 Å². The summed E-state index contributed by atoms with van der Waals surface area (Å²) in [7, 11) is 0. The number of hydrazine groups is 1. The van der Waals surface area contributed by atoms with Crippen LogP contribution in [-0.4, -0.2) is 26.2 Å². The van der Waals surface area contributed by atoms with E-state index in [2.05, 4.69) is 16.0 Å². The molecule has 2 N–H and O–H groups in total. The van der Waals surface area contributed by atoms with Crippen LogP contribution in [0.4, 0.5) is 0 Å². The lowest BCUT2D eigenvalue weighted by Gasteiger charge is -2.08. The minimum Gasteiger partial charge on any atom is -0.408 e. The van der Waals surface area contributed by atoms with E-state index in [0.717, 1.165) is 11.3 Å². The van der Waals surface area contributed by atoms with E-state index in [-0.39, 0.29) is 12.1 Å². The van der Waals surface area contributed by atoms with E-state index in [1.165, 1.54) is 4.57 Å². The molecule has 0 aliphatic rings. The summed E-state index contributed by atoms with van der Waals surface area (Å²) < 4.78 is 7.93. The number of hydrogen-bond donors (Lipinski definition) is 2. The molecule has 168 valence electrons. The summed E-state index contributed by atoms with van der Waals surface area (Å²) in [5.74, 6) is -1.78. The van der Waals surface area contributed by atoms with Crippen molar-refractivity contribution in [3.63, 3.8) is 0 Å². The third-order valence-corrected chi connectivity index (χ3v) is 5.22. The molecule has 0 saturated heterocycles. The van der Waals surface area contributed by atoms with E-state index in [9.17, 15) is 14.4 Å². The minimum atomic E-state index is -0.654. The molecule has 3 aromatic carbocycles. The summed E-state index contributed by atoms with van der Waals surface area (Å²) in [6.07, 6.45) is 1.60. The number of oxazole rings is 1. The van der Waals surface area contributed by atoms with Gasteiger partial charge >= 0.3 is 5.76 Å².